The summed E-state index contributed by atoms with van der Waals surface area (Å²) in [7, 11) is 4.00. The molecule has 2 N–H and O–H groups in total. The smallest absolute Gasteiger partial charge is 0.267 e. The van der Waals surface area contributed by atoms with Gasteiger partial charge in [-0.2, -0.15) is 0 Å². The van der Waals surface area contributed by atoms with Crippen molar-refractivity contribution < 1.29 is 14.3 Å². The normalized spacial score (nSPS) is 27.4. The third kappa shape index (κ3) is 3.21. The summed E-state index contributed by atoms with van der Waals surface area (Å²) in [5.41, 5.74) is 6.89. The van der Waals surface area contributed by atoms with Crippen molar-refractivity contribution in [3.05, 3.63) is 45.8 Å². The van der Waals surface area contributed by atoms with Crippen LogP contribution in [0.15, 0.2) is 12.1 Å². The number of piperidine rings is 1. The zero-order valence-corrected chi connectivity index (χ0v) is 22.4. The van der Waals surface area contributed by atoms with Gasteiger partial charge in [-0.15, -0.1) is 0 Å². The second kappa shape index (κ2) is 8.80. The molecule has 3 heterocycles. The Morgan fingerprint density at radius 2 is 2.11 bits per heavy atom. The first-order valence-electron chi connectivity index (χ1n) is 13.7. The van der Waals surface area contributed by atoms with E-state index >= 15 is 0 Å². The molecular formula is C29H40N4O3. The molecular weight excluding hydrogens is 452 g/mol. The summed E-state index contributed by atoms with van der Waals surface area (Å²) in [6.07, 6.45) is 3.94. The minimum absolute atomic E-state index is 0.00390. The van der Waals surface area contributed by atoms with Crippen molar-refractivity contribution in [2.24, 2.45) is 5.92 Å². The fourth-order valence-corrected chi connectivity index (χ4v) is 7.80. The van der Waals surface area contributed by atoms with Crippen molar-refractivity contribution in [1.29, 1.82) is 0 Å². The van der Waals surface area contributed by atoms with Gasteiger partial charge in [-0.1, -0.05) is 19.9 Å². The number of nitrogens with zero attached hydrogens (tertiary/aromatic N) is 2. The summed E-state index contributed by atoms with van der Waals surface area (Å²) < 4.78 is 12.6. The van der Waals surface area contributed by atoms with Crippen LogP contribution in [0.3, 0.4) is 0 Å². The zero-order chi connectivity index (χ0) is 25.2. The molecule has 2 bridgehead atoms. The van der Waals surface area contributed by atoms with Gasteiger partial charge in [-0.25, -0.2) is 0 Å². The molecule has 0 radical (unpaired) electrons. The molecule has 2 aliphatic heterocycles. The Bertz CT molecular complexity index is 1190. The fraction of sp³-hybridized carbons (Fsp3) is 0.621. The third-order valence-corrected chi connectivity index (χ3v) is 9.75. The average Bonchev–Trinajstić information content (AvgIpc) is 3.40. The first kappa shape index (κ1) is 23.9. The predicted octanol–water partition coefficient (Wildman–Crippen LogP) is 3.60. The minimum Gasteiger partial charge on any atom is -0.493 e. The first-order valence-corrected chi connectivity index (χ1v) is 13.7. The number of ether oxygens (including phenoxy) is 2. The molecule has 1 spiro atoms. The number of aromatic nitrogens is 1. The quantitative estimate of drug-likeness (QED) is 0.551. The number of fused-ring (bicyclic) bond motifs is 2. The number of rotatable bonds is 8. The number of H-pyrrole nitrogens is 1. The van der Waals surface area contributed by atoms with E-state index in [2.05, 4.69) is 60.1 Å². The number of benzene rings is 1. The molecule has 1 amide bonds. The number of amides is 1. The molecule has 1 saturated heterocycles. The summed E-state index contributed by atoms with van der Waals surface area (Å²) in [5.74, 6) is 2.21. The molecule has 4 atom stereocenters. The van der Waals surface area contributed by atoms with E-state index in [1.165, 1.54) is 16.7 Å². The van der Waals surface area contributed by atoms with E-state index in [1.807, 2.05) is 0 Å². The number of likely N-dealkylation sites (N-methyl/N-ethyl adjacent to an activating group) is 1. The Hall–Kier alpha value is -2.51. The Balaban J connectivity index is 1.34. The lowest BCUT2D eigenvalue weighted by molar-refractivity contribution is -0.0256. The van der Waals surface area contributed by atoms with E-state index in [1.54, 1.807) is 7.11 Å². The number of carbonyl (C=O) groups is 1. The molecule has 4 aliphatic rings. The largest absolute Gasteiger partial charge is 0.493 e. The standard InChI is InChI=1S/C29H40N4O3/c1-6-33(7-2)13-8-12-30-28(34)24-17(3)19-16-20-21-15-18-9-10-22(35-5)26-23(18)29(20,11-14-32(21)4)27(36-26)25(19)31-24/h9-10,20-21,27,31H,6-8,11-16H2,1-5H3,(H,30,34)/t20-,21-,27-,29-/m0/s1. The lowest BCUT2D eigenvalue weighted by atomic mass is 9.51. The van der Waals surface area contributed by atoms with Crippen molar-refractivity contribution in [3.63, 3.8) is 0 Å². The maximum Gasteiger partial charge on any atom is 0.267 e. The van der Waals surface area contributed by atoms with Crippen molar-refractivity contribution >= 4 is 5.91 Å². The number of likely N-dealkylation sites (tertiary alicyclic amines) is 1. The molecule has 2 aliphatic carbocycles. The second-order valence-corrected chi connectivity index (χ2v) is 11.1. The van der Waals surface area contributed by atoms with E-state index < -0.39 is 0 Å². The van der Waals surface area contributed by atoms with E-state index in [-0.39, 0.29) is 17.4 Å². The van der Waals surface area contributed by atoms with Crippen LogP contribution in [0, 0.1) is 12.8 Å². The molecule has 1 fully saturated rings. The molecule has 7 nitrogen and oxygen atoms in total. The zero-order valence-electron chi connectivity index (χ0n) is 22.4. The highest BCUT2D eigenvalue weighted by Crippen LogP contribution is 2.67. The number of methoxy groups -OCH3 is 1. The van der Waals surface area contributed by atoms with Gasteiger partial charge in [-0.3, -0.25) is 4.79 Å². The Kier molecular flexibility index (Phi) is 5.84. The lowest BCUT2D eigenvalue weighted by Crippen LogP contribution is -2.62. The van der Waals surface area contributed by atoms with Crippen LogP contribution in [-0.2, 0) is 18.3 Å². The van der Waals surface area contributed by atoms with Crippen LogP contribution in [0.2, 0.25) is 0 Å². The van der Waals surface area contributed by atoms with Gasteiger partial charge < -0.3 is 29.6 Å². The second-order valence-electron chi connectivity index (χ2n) is 11.1. The van der Waals surface area contributed by atoms with Crippen LogP contribution in [0.4, 0.5) is 0 Å². The van der Waals surface area contributed by atoms with Gasteiger partial charge in [0.05, 0.1) is 12.8 Å². The number of aromatic amines is 1. The van der Waals surface area contributed by atoms with Crippen molar-refractivity contribution in [3.8, 4) is 11.5 Å². The monoisotopic (exact) mass is 492 g/mol. The molecule has 194 valence electrons. The van der Waals surface area contributed by atoms with Crippen LogP contribution >= 0.6 is 0 Å². The molecule has 1 aromatic carbocycles. The first-order chi connectivity index (χ1) is 17.4. The van der Waals surface area contributed by atoms with Gasteiger partial charge in [0.15, 0.2) is 11.5 Å². The number of hydrogen-bond acceptors (Lipinski definition) is 5. The van der Waals surface area contributed by atoms with Crippen molar-refractivity contribution in [2.75, 3.05) is 46.9 Å². The molecule has 0 saturated carbocycles. The van der Waals surface area contributed by atoms with Crippen molar-refractivity contribution in [1.82, 2.24) is 20.1 Å². The summed E-state index contributed by atoms with van der Waals surface area (Å²) >= 11 is 0. The maximum absolute atomic E-state index is 13.3. The van der Waals surface area contributed by atoms with Gasteiger partial charge in [-0.05, 0) is 94.5 Å². The number of nitrogens with one attached hydrogen (secondary N) is 2. The van der Waals surface area contributed by atoms with Crippen molar-refractivity contribution in [2.45, 2.75) is 64.0 Å². The number of carbonyl (C=O) groups excluding carboxylic acids is 1. The summed E-state index contributed by atoms with van der Waals surface area (Å²) in [5, 5.41) is 3.17. The minimum atomic E-state index is -0.101. The van der Waals surface area contributed by atoms with Gasteiger partial charge in [0.25, 0.3) is 5.91 Å². The topological polar surface area (TPSA) is 69.8 Å². The fourth-order valence-electron chi connectivity index (χ4n) is 7.80. The molecule has 6 rings (SSSR count). The predicted molar refractivity (Wildman–Crippen MR) is 140 cm³/mol. The van der Waals surface area contributed by atoms with Gasteiger partial charge in [0, 0.05) is 23.6 Å². The molecule has 7 heteroatoms. The van der Waals surface area contributed by atoms with Crippen LogP contribution in [0.5, 0.6) is 11.5 Å². The van der Waals surface area contributed by atoms with E-state index in [9.17, 15) is 4.79 Å². The summed E-state index contributed by atoms with van der Waals surface area (Å²) in [6.45, 7) is 11.3. The van der Waals surface area contributed by atoms with Gasteiger partial charge >= 0.3 is 0 Å². The highest BCUT2D eigenvalue weighted by Gasteiger charge is 2.65. The van der Waals surface area contributed by atoms with Gasteiger partial charge in [0.2, 0.25) is 0 Å². The number of hydrogen-bond donors (Lipinski definition) is 2. The van der Waals surface area contributed by atoms with E-state index in [0.29, 0.717) is 24.2 Å². The SMILES string of the molecule is CCN(CC)CCCNC(=O)c1[nH]c2c(c1C)C[C@H]1[C@@H]3Cc4ccc(OC)c5c4[C@@]1(CCN3C)[C@H]2O5. The molecule has 36 heavy (non-hydrogen) atoms. The van der Waals surface area contributed by atoms with Gasteiger partial charge in [0.1, 0.15) is 11.8 Å². The van der Waals surface area contributed by atoms with E-state index in [4.69, 9.17) is 9.47 Å². The van der Waals surface area contributed by atoms with Crippen LogP contribution < -0.4 is 14.8 Å². The van der Waals surface area contributed by atoms with Crippen LogP contribution in [0.1, 0.15) is 71.2 Å². The Morgan fingerprint density at radius 3 is 2.86 bits per heavy atom. The third-order valence-electron chi connectivity index (χ3n) is 9.75. The summed E-state index contributed by atoms with van der Waals surface area (Å²) in [6, 6.07) is 4.80. The van der Waals surface area contributed by atoms with E-state index in [0.717, 1.165) is 74.6 Å². The lowest BCUT2D eigenvalue weighted by Gasteiger charge is -2.57. The highest BCUT2D eigenvalue weighted by atomic mass is 16.5. The average molecular weight is 493 g/mol. The molecule has 2 aromatic rings. The highest BCUT2D eigenvalue weighted by molar-refractivity contribution is 5.94. The Labute approximate surface area is 214 Å². The summed E-state index contributed by atoms with van der Waals surface area (Å²) in [4.78, 5) is 21.8. The molecule has 0 unspecified atom stereocenters. The Morgan fingerprint density at radius 1 is 1.31 bits per heavy atom. The van der Waals surface area contributed by atoms with Crippen LogP contribution in [0.25, 0.3) is 0 Å². The maximum atomic E-state index is 13.3. The van der Waals surface area contributed by atoms with Crippen LogP contribution in [-0.4, -0.2) is 73.6 Å². The molecule has 1 aromatic heterocycles.